The maximum Gasteiger partial charge on any atom is 0.472 e. The fourth-order valence-corrected chi connectivity index (χ4v) is 5.40. The number of unbranched alkanes of at least 4 members (excludes halogenated alkanes) is 15. The summed E-state index contributed by atoms with van der Waals surface area (Å²) < 4.78 is 34.4. The number of likely N-dealkylation sites (N-methyl/N-ethyl adjacent to an activating group) is 1. The number of ether oxygens (including phenoxy) is 2. The number of rotatable bonds is 29. The SMILES string of the molecule is CCCCCCCCCCCCCCCCCCNC(=O)OCC(COP(=O)(O)OCC[N+](C)(C)C)OCc1ccccc1. The zero-order valence-electron chi connectivity index (χ0n) is 28.3. The summed E-state index contributed by atoms with van der Waals surface area (Å²) >= 11 is 0. The number of hydrogen-bond acceptors (Lipinski definition) is 6. The van der Waals surface area contributed by atoms with Crippen molar-refractivity contribution in [1.29, 1.82) is 0 Å². The van der Waals surface area contributed by atoms with Crippen molar-refractivity contribution < 1.29 is 37.3 Å². The molecule has 1 rings (SSSR count). The minimum atomic E-state index is -4.27. The lowest BCUT2D eigenvalue weighted by atomic mass is 10.0. The second kappa shape index (κ2) is 25.7. The van der Waals surface area contributed by atoms with Crippen molar-refractivity contribution >= 4 is 13.9 Å². The molecule has 0 aliphatic rings. The maximum atomic E-state index is 12.3. The van der Waals surface area contributed by atoms with Crippen LogP contribution in [0.15, 0.2) is 30.3 Å². The van der Waals surface area contributed by atoms with Crippen molar-refractivity contribution in [2.45, 2.75) is 122 Å². The molecule has 2 N–H and O–H groups in total. The molecule has 2 atom stereocenters. The van der Waals surface area contributed by atoms with E-state index in [0.29, 0.717) is 17.6 Å². The standard InChI is InChI=1S/C34H63N2O7P/c1-5-6-7-8-9-10-11-12-13-14-15-16-17-18-19-23-26-35-34(37)41-30-33(40-29-32-24-21-20-22-25-32)31-43-44(38,39)42-28-27-36(2,3)4/h20-22,24-25,33H,5-19,23,26-31H2,1-4H3,(H-,35,37,38,39)/p+1. The fraction of sp³-hybridized carbons (Fsp3) is 0.794. The molecule has 1 aromatic rings. The Labute approximate surface area is 268 Å². The third-order valence-corrected chi connectivity index (χ3v) is 8.45. The van der Waals surface area contributed by atoms with Crippen LogP contribution in [0.1, 0.15) is 115 Å². The molecule has 9 nitrogen and oxygen atoms in total. The van der Waals surface area contributed by atoms with Gasteiger partial charge in [-0.1, -0.05) is 134 Å². The molecule has 0 fully saturated rings. The summed E-state index contributed by atoms with van der Waals surface area (Å²) in [7, 11) is 1.61. The van der Waals surface area contributed by atoms with Gasteiger partial charge < -0.3 is 24.2 Å². The molecule has 0 aliphatic carbocycles. The maximum absolute atomic E-state index is 12.3. The topological polar surface area (TPSA) is 103 Å². The molecule has 0 aliphatic heterocycles. The highest BCUT2D eigenvalue weighted by atomic mass is 31.2. The van der Waals surface area contributed by atoms with Crippen LogP contribution in [0.25, 0.3) is 0 Å². The van der Waals surface area contributed by atoms with E-state index in [1.807, 2.05) is 51.5 Å². The van der Waals surface area contributed by atoms with E-state index in [4.69, 9.17) is 18.5 Å². The Bertz CT molecular complexity index is 867. The first kappa shape index (κ1) is 40.5. The van der Waals surface area contributed by atoms with Crippen LogP contribution in [0.3, 0.4) is 0 Å². The van der Waals surface area contributed by atoms with Crippen LogP contribution in [-0.2, 0) is 29.7 Å². The van der Waals surface area contributed by atoms with Gasteiger partial charge in [0.1, 0.15) is 25.9 Å². The summed E-state index contributed by atoms with van der Waals surface area (Å²) in [6.45, 7) is 3.32. The summed E-state index contributed by atoms with van der Waals surface area (Å²) in [4.78, 5) is 22.3. The molecule has 0 bridgehead atoms. The highest BCUT2D eigenvalue weighted by Crippen LogP contribution is 2.43. The summed E-state index contributed by atoms with van der Waals surface area (Å²) in [5.41, 5.74) is 0.928. The van der Waals surface area contributed by atoms with Crippen LogP contribution in [0.5, 0.6) is 0 Å². The van der Waals surface area contributed by atoms with E-state index >= 15 is 0 Å². The summed E-state index contributed by atoms with van der Waals surface area (Å²) in [6.07, 6.45) is 19.6. The molecule has 1 amide bonds. The van der Waals surface area contributed by atoms with Crippen molar-refractivity contribution in [3.05, 3.63) is 35.9 Å². The van der Waals surface area contributed by atoms with E-state index in [0.717, 1.165) is 18.4 Å². The molecule has 10 heteroatoms. The van der Waals surface area contributed by atoms with E-state index in [1.54, 1.807) is 0 Å². The first-order valence-corrected chi connectivity index (χ1v) is 18.6. The molecule has 0 saturated carbocycles. The minimum absolute atomic E-state index is 0.0745. The molecule has 0 heterocycles. The first-order chi connectivity index (χ1) is 21.1. The van der Waals surface area contributed by atoms with Crippen LogP contribution >= 0.6 is 7.82 Å². The number of carbonyl (C=O) groups excluding carboxylic acids is 1. The number of benzene rings is 1. The summed E-state index contributed by atoms with van der Waals surface area (Å²) in [6, 6.07) is 9.53. The normalized spacial score (nSPS) is 13.8. The molecule has 44 heavy (non-hydrogen) atoms. The Balaban J connectivity index is 2.17. The number of hydrogen-bond donors (Lipinski definition) is 2. The molecular formula is C34H64N2O7P+. The van der Waals surface area contributed by atoms with E-state index in [2.05, 4.69) is 12.2 Å². The second-order valence-electron chi connectivity index (χ2n) is 12.9. The van der Waals surface area contributed by atoms with Crippen molar-refractivity contribution in [3.63, 3.8) is 0 Å². The van der Waals surface area contributed by atoms with Gasteiger partial charge in [0.15, 0.2) is 0 Å². The Hall–Kier alpha value is -1.48. The molecule has 1 aromatic carbocycles. The molecule has 0 aromatic heterocycles. The Morgan fingerprint density at radius 3 is 1.84 bits per heavy atom. The second-order valence-corrected chi connectivity index (χ2v) is 14.3. The molecule has 0 radical (unpaired) electrons. The summed E-state index contributed by atoms with van der Waals surface area (Å²) in [5, 5.41) is 2.79. The van der Waals surface area contributed by atoms with Crippen LogP contribution in [0.2, 0.25) is 0 Å². The zero-order valence-corrected chi connectivity index (χ0v) is 29.2. The van der Waals surface area contributed by atoms with Gasteiger partial charge >= 0.3 is 13.9 Å². The van der Waals surface area contributed by atoms with Gasteiger partial charge in [0.2, 0.25) is 0 Å². The molecule has 0 saturated heterocycles. The fourth-order valence-electron chi connectivity index (χ4n) is 4.66. The van der Waals surface area contributed by atoms with E-state index in [1.165, 1.54) is 89.9 Å². The number of quaternary nitrogens is 1. The number of nitrogens with one attached hydrogen (secondary N) is 1. The van der Waals surface area contributed by atoms with Gasteiger partial charge in [-0.25, -0.2) is 9.36 Å². The smallest absolute Gasteiger partial charge is 0.447 e. The van der Waals surface area contributed by atoms with E-state index in [9.17, 15) is 14.3 Å². The van der Waals surface area contributed by atoms with Crippen molar-refractivity contribution in [1.82, 2.24) is 5.32 Å². The van der Waals surface area contributed by atoms with Crippen molar-refractivity contribution in [2.24, 2.45) is 0 Å². The molecule has 2 unspecified atom stereocenters. The average Bonchev–Trinajstić information content (AvgIpc) is 2.98. The Kier molecular flexibility index (Phi) is 23.7. The number of phosphoric acid groups is 1. The van der Waals surface area contributed by atoms with Crippen LogP contribution in [0, 0.1) is 0 Å². The van der Waals surface area contributed by atoms with Gasteiger partial charge in [-0.2, -0.15) is 0 Å². The number of carbonyl (C=O) groups is 1. The monoisotopic (exact) mass is 643 g/mol. The third-order valence-electron chi connectivity index (χ3n) is 7.47. The van der Waals surface area contributed by atoms with E-state index < -0.39 is 20.0 Å². The number of alkyl carbamates (subject to hydrolysis) is 1. The Morgan fingerprint density at radius 2 is 1.32 bits per heavy atom. The zero-order chi connectivity index (χ0) is 32.4. The lowest BCUT2D eigenvalue weighted by Gasteiger charge is -2.24. The molecule has 0 spiro atoms. The minimum Gasteiger partial charge on any atom is -0.447 e. The quantitative estimate of drug-likeness (QED) is 0.0513. The van der Waals surface area contributed by atoms with Gasteiger partial charge in [0, 0.05) is 6.54 Å². The van der Waals surface area contributed by atoms with Gasteiger partial charge in [-0.3, -0.25) is 9.05 Å². The molecular weight excluding hydrogens is 579 g/mol. The van der Waals surface area contributed by atoms with Gasteiger partial charge in [0.05, 0.1) is 34.4 Å². The van der Waals surface area contributed by atoms with Crippen LogP contribution in [0.4, 0.5) is 4.79 Å². The predicted octanol–water partition coefficient (Wildman–Crippen LogP) is 8.40. The third kappa shape index (κ3) is 25.8. The largest absolute Gasteiger partial charge is 0.472 e. The number of phosphoric ester groups is 1. The highest BCUT2D eigenvalue weighted by molar-refractivity contribution is 7.47. The van der Waals surface area contributed by atoms with Crippen molar-refractivity contribution in [2.75, 3.05) is 54.1 Å². The highest BCUT2D eigenvalue weighted by Gasteiger charge is 2.25. The number of amides is 1. The van der Waals surface area contributed by atoms with Gasteiger partial charge in [-0.05, 0) is 12.0 Å². The van der Waals surface area contributed by atoms with Gasteiger partial charge in [-0.15, -0.1) is 0 Å². The Morgan fingerprint density at radius 1 is 0.795 bits per heavy atom. The predicted molar refractivity (Wildman–Crippen MR) is 179 cm³/mol. The van der Waals surface area contributed by atoms with Crippen molar-refractivity contribution in [3.8, 4) is 0 Å². The summed E-state index contributed by atoms with van der Waals surface area (Å²) in [5.74, 6) is 0. The number of nitrogens with zero attached hydrogens (tertiary/aromatic N) is 1. The first-order valence-electron chi connectivity index (χ1n) is 17.1. The average molecular weight is 644 g/mol. The van der Waals surface area contributed by atoms with Gasteiger partial charge in [0.25, 0.3) is 0 Å². The van der Waals surface area contributed by atoms with Crippen LogP contribution in [-0.4, -0.2) is 75.6 Å². The lowest BCUT2D eigenvalue weighted by Crippen LogP contribution is -2.37. The van der Waals surface area contributed by atoms with Crippen LogP contribution < -0.4 is 5.32 Å². The lowest BCUT2D eigenvalue weighted by molar-refractivity contribution is -0.870. The van der Waals surface area contributed by atoms with E-state index in [-0.39, 0.29) is 26.4 Å². The molecule has 256 valence electrons.